The van der Waals surface area contributed by atoms with Crippen molar-refractivity contribution in [2.24, 2.45) is 0 Å². The fourth-order valence-electron chi connectivity index (χ4n) is 5.16. The number of likely N-dealkylation sites (tertiary alicyclic amines) is 1. The zero-order chi connectivity index (χ0) is 26.7. The number of anilines is 1. The van der Waals surface area contributed by atoms with Crippen LogP contribution in [0.25, 0.3) is 11.1 Å². The molecule has 0 spiro atoms. The maximum Gasteiger partial charge on any atom is 0.295 e. The van der Waals surface area contributed by atoms with E-state index >= 15 is 0 Å². The average Bonchev–Trinajstić information content (AvgIpc) is 3.58. The first kappa shape index (κ1) is 26.7. The summed E-state index contributed by atoms with van der Waals surface area (Å²) in [6.07, 6.45) is 3.46. The molecular formula is C27H35FN4O5S. The van der Waals surface area contributed by atoms with Crippen molar-refractivity contribution in [1.82, 2.24) is 14.2 Å². The molecule has 0 bridgehead atoms. The quantitative estimate of drug-likeness (QED) is 0.393. The Morgan fingerprint density at radius 2 is 1.71 bits per heavy atom. The molecule has 3 heterocycles. The van der Waals surface area contributed by atoms with E-state index in [1.807, 2.05) is 13.8 Å². The van der Waals surface area contributed by atoms with Crippen molar-refractivity contribution < 1.29 is 26.7 Å². The summed E-state index contributed by atoms with van der Waals surface area (Å²) in [4.78, 5) is 7.00. The highest BCUT2D eigenvalue weighted by Crippen LogP contribution is 2.32. The molecule has 2 aromatic carbocycles. The lowest BCUT2D eigenvalue weighted by atomic mass is 10.0. The van der Waals surface area contributed by atoms with E-state index in [4.69, 9.17) is 13.9 Å². The number of nitrogens with one attached hydrogen (secondary N) is 1. The molecule has 38 heavy (non-hydrogen) atoms. The average molecular weight is 547 g/mol. The van der Waals surface area contributed by atoms with Gasteiger partial charge in [-0.15, -0.1) is 0 Å². The van der Waals surface area contributed by atoms with Crippen LogP contribution in [0.5, 0.6) is 11.5 Å². The maximum absolute atomic E-state index is 14.6. The van der Waals surface area contributed by atoms with Gasteiger partial charge >= 0.3 is 0 Å². The highest BCUT2D eigenvalue weighted by atomic mass is 32.2. The van der Waals surface area contributed by atoms with Crippen LogP contribution in [-0.2, 0) is 16.6 Å². The third-order valence-electron chi connectivity index (χ3n) is 7.05. The Kier molecular flexibility index (Phi) is 8.06. The van der Waals surface area contributed by atoms with Crippen molar-refractivity contribution >= 4 is 27.1 Å². The summed E-state index contributed by atoms with van der Waals surface area (Å²) >= 11 is 0. The van der Waals surface area contributed by atoms with Gasteiger partial charge in [-0.2, -0.15) is 13.7 Å². The lowest BCUT2D eigenvalue weighted by molar-refractivity contribution is 0.209. The minimum Gasteiger partial charge on any atom is -0.491 e. The largest absolute Gasteiger partial charge is 0.491 e. The highest BCUT2D eigenvalue weighted by Gasteiger charge is 2.31. The number of benzene rings is 2. The van der Waals surface area contributed by atoms with Crippen molar-refractivity contribution in [2.75, 3.05) is 44.7 Å². The Balaban J connectivity index is 1.23. The van der Waals surface area contributed by atoms with Gasteiger partial charge in [0.05, 0.1) is 13.2 Å². The molecule has 2 saturated heterocycles. The van der Waals surface area contributed by atoms with Gasteiger partial charge in [0.2, 0.25) is 15.8 Å². The molecule has 0 radical (unpaired) electrons. The predicted octanol–water partition coefficient (Wildman–Crippen LogP) is 4.63. The maximum atomic E-state index is 14.6. The van der Waals surface area contributed by atoms with Crippen LogP contribution in [0.4, 0.5) is 10.4 Å². The number of ether oxygens (including phenoxy) is 2. The van der Waals surface area contributed by atoms with Crippen LogP contribution in [0.15, 0.2) is 39.6 Å². The molecule has 1 aromatic heterocycles. The Labute approximate surface area is 223 Å². The summed E-state index contributed by atoms with van der Waals surface area (Å²) in [5.41, 5.74) is 1.76. The topological polar surface area (TPSA) is 97.1 Å². The monoisotopic (exact) mass is 546 g/mol. The summed E-state index contributed by atoms with van der Waals surface area (Å²) in [6, 6.07) is 9.04. The molecule has 0 atom stereocenters. The summed E-state index contributed by atoms with van der Waals surface area (Å²) < 4.78 is 59.3. The standard InChI is InChI=1S/C27H35FN4O5S/c1-3-35-22-16-19(17-23(25(22)28)36-4-2)18-31-14-10-20(11-15-31)29-27-30-21-8-7-9-24(26(21)37-27)38(33,34)32-12-5-6-13-32/h7-9,16-17,20H,3-6,10-15,18H2,1-2H3,(H,29,30). The van der Waals surface area contributed by atoms with Crippen molar-refractivity contribution in [1.29, 1.82) is 0 Å². The number of oxazole rings is 1. The van der Waals surface area contributed by atoms with E-state index in [1.165, 1.54) is 4.31 Å². The van der Waals surface area contributed by atoms with Gasteiger partial charge in [0, 0.05) is 38.8 Å². The van der Waals surface area contributed by atoms with Gasteiger partial charge in [-0.1, -0.05) is 6.07 Å². The molecule has 1 N–H and O–H groups in total. The first-order chi connectivity index (χ1) is 18.4. The van der Waals surface area contributed by atoms with Crippen LogP contribution in [0.3, 0.4) is 0 Å². The number of sulfonamides is 1. The first-order valence-corrected chi connectivity index (χ1v) is 14.8. The molecule has 2 aliphatic rings. The second kappa shape index (κ2) is 11.5. The van der Waals surface area contributed by atoms with Gasteiger partial charge in [-0.05, 0) is 69.4 Å². The Bertz CT molecular complexity index is 1340. The van der Waals surface area contributed by atoms with E-state index in [-0.39, 0.29) is 22.4 Å². The van der Waals surface area contributed by atoms with E-state index in [1.54, 1.807) is 30.3 Å². The lowest BCUT2D eigenvalue weighted by Gasteiger charge is -2.32. The van der Waals surface area contributed by atoms with Gasteiger partial charge in [-0.3, -0.25) is 4.90 Å². The van der Waals surface area contributed by atoms with E-state index in [0.29, 0.717) is 50.0 Å². The SMILES string of the molecule is CCOc1cc(CN2CCC(Nc3nc4cccc(S(=O)(=O)N5CCCC5)c4o3)CC2)cc(OCC)c1F. The van der Waals surface area contributed by atoms with Crippen LogP contribution < -0.4 is 14.8 Å². The summed E-state index contributed by atoms with van der Waals surface area (Å²) in [5, 5.41) is 3.36. The van der Waals surface area contributed by atoms with Crippen LogP contribution in [0.2, 0.25) is 0 Å². The van der Waals surface area contributed by atoms with E-state index in [9.17, 15) is 12.8 Å². The minimum absolute atomic E-state index is 0.143. The number of hydrogen-bond donors (Lipinski definition) is 1. The number of rotatable bonds is 10. The number of para-hydroxylation sites is 1. The normalized spacial score (nSPS) is 17.8. The molecule has 0 saturated carbocycles. The second-order valence-electron chi connectivity index (χ2n) is 9.70. The van der Waals surface area contributed by atoms with Gasteiger partial charge in [0.1, 0.15) is 10.4 Å². The summed E-state index contributed by atoms with van der Waals surface area (Å²) in [6.45, 7) is 7.81. The number of hydrogen-bond acceptors (Lipinski definition) is 8. The van der Waals surface area contributed by atoms with E-state index < -0.39 is 15.8 Å². The second-order valence-corrected chi connectivity index (χ2v) is 11.6. The van der Waals surface area contributed by atoms with Crippen molar-refractivity contribution in [3.8, 4) is 11.5 Å². The highest BCUT2D eigenvalue weighted by molar-refractivity contribution is 7.89. The molecule has 0 amide bonds. The smallest absolute Gasteiger partial charge is 0.295 e. The number of fused-ring (bicyclic) bond motifs is 1. The fraction of sp³-hybridized carbons (Fsp3) is 0.519. The molecule has 3 aromatic rings. The summed E-state index contributed by atoms with van der Waals surface area (Å²) in [7, 11) is -3.61. The molecule has 9 nitrogen and oxygen atoms in total. The molecule has 5 rings (SSSR count). The Morgan fingerprint density at radius 3 is 2.34 bits per heavy atom. The lowest BCUT2D eigenvalue weighted by Crippen LogP contribution is -2.38. The predicted molar refractivity (Wildman–Crippen MR) is 143 cm³/mol. The van der Waals surface area contributed by atoms with Crippen LogP contribution >= 0.6 is 0 Å². The van der Waals surface area contributed by atoms with Crippen LogP contribution in [0, 0.1) is 5.82 Å². The van der Waals surface area contributed by atoms with E-state index in [2.05, 4.69) is 15.2 Å². The van der Waals surface area contributed by atoms with Crippen molar-refractivity contribution in [3.05, 3.63) is 41.7 Å². The third kappa shape index (κ3) is 5.60. The van der Waals surface area contributed by atoms with Crippen LogP contribution in [0.1, 0.15) is 45.1 Å². The molecular weight excluding hydrogens is 511 g/mol. The van der Waals surface area contributed by atoms with Gasteiger partial charge < -0.3 is 19.2 Å². The van der Waals surface area contributed by atoms with Gasteiger partial charge in [-0.25, -0.2) is 8.42 Å². The third-order valence-corrected chi connectivity index (χ3v) is 8.97. The number of nitrogens with zero attached hydrogens (tertiary/aromatic N) is 3. The van der Waals surface area contributed by atoms with E-state index in [0.717, 1.165) is 44.3 Å². The number of piperidine rings is 1. The summed E-state index contributed by atoms with van der Waals surface area (Å²) in [5.74, 6) is -0.0331. The number of aromatic nitrogens is 1. The van der Waals surface area contributed by atoms with Crippen molar-refractivity contribution in [2.45, 2.75) is 57.0 Å². The molecule has 0 aliphatic carbocycles. The zero-order valence-electron chi connectivity index (χ0n) is 21.9. The minimum atomic E-state index is -3.61. The fourth-order valence-corrected chi connectivity index (χ4v) is 6.81. The zero-order valence-corrected chi connectivity index (χ0v) is 22.7. The van der Waals surface area contributed by atoms with Gasteiger partial charge in [0.15, 0.2) is 17.1 Å². The molecule has 206 valence electrons. The molecule has 2 fully saturated rings. The van der Waals surface area contributed by atoms with Crippen molar-refractivity contribution in [3.63, 3.8) is 0 Å². The Morgan fingerprint density at radius 1 is 1.05 bits per heavy atom. The molecule has 11 heteroatoms. The number of halogens is 1. The molecule has 2 aliphatic heterocycles. The first-order valence-electron chi connectivity index (χ1n) is 13.4. The van der Waals surface area contributed by atoms with Crippen LogP contribution in [-0.4, -0.2) is 68.0 Å². The molecule has 0 unspecified atom stereocenters. The Hall–Kier alpha value is -2.89. The van der Waals surface area contributed by atoms with Gasteiger partial charge in [0.25, 0.3) is 6.01 Å².